The highest BCUT2D eigenvalue weighted by molar-refractivity contribution is 5.93. The second-order valence-electron chi connectivity index (χ2n) is 4.25. The average Bonchev–Trinajstić information content (AvgIpc) is 2.46. The molecule has 0 spiro atoms. The van der Waals surface area contributed by atoms with Crippen LogP contribution < -0.4 is 11.1 Å². The van der Waals surface area contributed by atoms with Crippen LogP contribution in [0.25, 0.3) is 0 Å². The number of primary amides is 1. The number of anilines is 1. The van der Waals surface area contributed by atoms with Crippen LogP contribution in [0.15, 0.2) is 54.6 Å². The standard InChI is InChI=1S/C15H16N2O2/c16-15(19)12-6-8-13(9-7-12)17-10-14(18)11-4-2-1-3-5-11/h1-9,14,17-18H,10H2,(H2,16,19). The molecule has 0 aliphatic heterocycles. The van der Waals surface area contributed by atoms with E-state index in [1.807, 2.05) is 30.3 Å². The van der Waals surface area contributed by atoms with Crippen molar-refractivity contribution >= 4 is 11.6 Å². The summed E-state index contributed by atoms with van der Waals surface area (Å²) >= 11 is 0. The van der Waals surface area contributed by atoms with Crippen LogP contribution in [0.2, 0.25) is 0 Å². The van der Waals surface area contributed by atoms with Crippen molar-refractivity contribution in [1.29, 1.82) is 0 Å². The zero-order chi connectivity index (χ0) is 13.7. The second kappa shape index (κ2) is 6.02. The van der Waals surface area contributed by atoms with Crippen LogP contribution in [-0.2, 0) is 0 Å². The lowest BCUT2D eigenvalue weighted by Gasteiger charge is -2.13. The quantitative estimate of drug-likeness (QED) is 0.765. The molecule has 2 aromatic rings. The van der Waals surface area contributed by atoms with Crippen molar-refractivity contribution in [3.8, 4) is 0 Å². The van der Waals surface area contributed by atoms with Crippen LogP contribution in [0, 0.1) is 0 Å². The molecule has 4 nitrogen and oxygen atoms in total. The summed E-state index contributed by atoms with van der Waals surface area (Å²) in [6.07, 6.45) is -0.572. The van der Waals surface area contributed by atoms with E-state index < -0.39 is 12.0 Å². The molecule has 0 aliphatic carbocycles. The number of amides is 1. The third-order valence-corrected chi connectivity index (χ3v) is 2.85. The van der Waals surface area contributed by atoms with E-state index in [9.17, 15) is 9.90 Å². The van der Waals surface area contributed by atoms with Gasteiger partial charge in [0.15, 0.2) is 0 Å². The minimum atomic E-state index is -0.572. The molecule has 1 unspecified atom stereocenters. The Kier molecular flexibility index (Phi) is 4.15. The van der Waals surface area contributed by atoms with Gasteiger partial charge in [-0.15, -0.1) is 0 Å². The lowest BCUT2D eigenvalue weighted by atomic mass is 10.1. The molecule has 0 fully saturated rings. The minimum absolute atomic E-state index is 0.403. The smallest absolute Gasteiger partial charge is 0.248 e. The number of hydrogen-bond donors (Lipinski definition) is 3. The van der Waals surface area contributed by atoms with Crippen molar-refractivity contribution in [2.24, 2.45) is 5.73 Å². The molecule has 98 valence electrons. The molecule has 0 radical (unpaired) electrons. The van der Waals surface area contributed by atoms with E-state index in [0.717, 1.165) is 11.3 Å². The molecular formula is C15H16N2O2. The van der Waals surface area contributed by atoms with Gasteiger partial charge in [-0.1, -0.05) is 30.3 Å². The highest BCUT2D eigenvalue weighted by Crippen LogP contribution is 2.14. The number of nitrogens with two attached hydrogens (primary N) is 1. The van der Waals surface area contributed by atoms with Gasteiger partial charge in [-0.05, 0) is 29.8 Å². The Balaban J connectivity index is 1.93. The number of carbonyl (C=O) groups excluding carboxylic acids is 1. The molecular weight excluding hydrogens is 240 g/mol. The topological polar surface area (TPSA) is 75.4 Å². The lowest BCUT2D eigenvalue weighted by Crippen LogP contribution is -2.13. The van der Waals surface area contributed by atoms with Gasteiger partial charge in [0.1, 0.15) is 0 Å². The first kappa shape index (κ1) is 13.1. The second-order valence-corrected chi connectivity index (χ2v) is 4.25. The van der Waals surface area contributed by atoms with Gasteiger partial charge in [0.25, 0.3) is 0 Å². The first-order valence-electron chi connectivity index (χ1n) is 6.03. The van der Waals surface area contributed by atoms with Gasteiger partial charge < -0.3 is 16.2 Å². The van der Waals surface area contributed by atoms with Crippen molar-refractivity contribution in [1.82, 2.24) is 0 Å². The Morgan fingerprint density at radius 2 is 1.74 bits per heavy atom. The first-order valence-corrected chi connectivity index (χ1v) is 6.03. The zero-order valence-electron chi connectivity index (χ0n) is 10.4. The van der Waals surface area contributed by atoms with Gasteiger partial charge in [-0.25, -0.2) is 0 Å². The Morgan fingerprint density at radius 1 is 1.11 bits per heavy atom. The number of aliphatic hydroxyl groups is 1. The average molecular weight is 256 g/mol. The molecule has 0 heterocycles. The maximum Gasteiger partial charge on any atom is 0.248 e. The van der Waals surface area contributed by atoms with E-state index in [0.29, 0.717) is 12.1 Å². The van der Waals surface area contributed by atoms with E-state index in [4.69, 9.17) is 5.73 Å². The van der Waals surface area contributed by atoms with Gasteiger partial charge in [0, 0.05) is 17.8 Å². The van der Waals surface area contributed by atoms with Crippen molar-refractivity contribution in [3.63, 3.8) is 0 Å². The molecule has 4 N–H and O–H groups in total. The summed E-state index contributed by atoms with van der Waals surface area (Å²) in [5, 5.41) is 13.1. The van der Waals surface area contributed by atoms with Gasteiger partial charge in [0.05, 0.1) is 6.10 Å². The Bertz CT molecular complexity index is 538. The minimum Gasteiger partial charge on any atom is -0.387 e. The summed E-state index contributed by atoms with van der Waals surface area (Å²) in [5.41, 5.74) is 7.33. The molecule has 0 saturated heterocycles. The maximum absolute atomic E-state index is 10.9. The van der Waals surface area contributed by atoms with E-state index in [-0.39, 0.29) is 0 Å². The number of hydrogen-bond acceptors (Lipinski definition) is 3. The predicted octanol–water partition coefficient (Wildman–Crippen LogP) is 1.93. The Morgan fingerprint density at radius 3 is 2.32 bits per heavy atom. The SMILES string of the molecule is NC(=O)c1ccc(NCC(O)c2ccccc2)cc1. The molecule has 0 bridgehead atoms. The lowest BCUT2D eigenvalue weighted by molar-refractivity contribution is 0.100. The third-order valence-electron chi connectivity index (χ3n) is 2.85. The summed E-state index contributed by atoms with van der Waals surface area (Å²) in [4.78, 5) is 10.9. The fourth-order valence-corrected chi connectivity index (χ4v) is 1.76. The first-order chi connectivity index (χ1) is 9.16. The van der Waals surface area contributed by atoms with Crippen LogP contribution in [0.4, 0.5) is 5.69 Å². The highest BCUT2D eigenvalue weighted by atomic mass is 16.3. The fraction of sp³-hybridized carbons (Fsp3) is 0.133. The van der Waals surface area contributed by atoms with Crippen LogP contribution in [0.5, 0.6) is 0 Å². The molecule has 2 aromatic carbocycles. The Labute approximate surface area is 111 Å². The van der Waals surface area contributed by atoms with Crippen molar-refractivity contribution < 1.29 is 9.90 Å². The predicted molar refractivity (Wildman–Crippen MR) is 74.9 cm³/mol. The zero-order valence-corrected chi connectivity index (χ0v) is 10.4. The van der Waals surface area contributed by atoms with E-state index in [1.54, 1.807) is 24.3 Å². The van der Waals surface area contributed by atoms with Crippen molar-refractivity contribution in [2.45, 2.75) is 6.10 Å². The van der Waals surface area contributed by atoms with E-state index in [2.05, 4.69) is 5.32 Å². The molecule has 4 heteroatoms. The molecule has 0 saturated carbocycles. The fourth-order valence-electron chi connectivity index (χ4n) is 1.76. The maximum atomic E-state index is 10.9. The van der Waals surface area contributed by atoms with E-state index >= 15 is 0 Å². The largest absolute Gasteiger partial charge is 0.387 e. The summed E-state index contributed by atoms with van der Waals surface area (Å²) < 4.78 is 0. The van der Waals surface area contributed by atoms with Crippen molar-refractivity contribution in [2.75, 3.05) is 11.9 Å². The highest BCUT2D eigenvalue weighted by Gasteiger charge is 2.06. The number of aliphatic hydroxyl groups excluding tert-OH is 1. The molecule has 0 aromatic heterocycles. The molecule has 2 rings (SSSR count). The third kappa shape index (κ3) is 3.56. The molecule has 1 atom stereocenters. The molecule has 1 amide bonds. The summed E-state index contributed by atoms with van der Waals surface area (Å²) in [6.45, 7) is 0.403. The normalized spacial score (nSPS) is 11.8. The van der Waals surface area contributed by atoms with E-state index in [1.165, 1.54) is 0 Å². The van der Waals surface area contributed by atoms with Crippen LogP contribution in [0.1, 0.15) is 22.0 Å². The van der Waals surface area contributed by atoms with Gasteiger partial charge in [-0.2, -0.15) is 0 Å². The summed E-state index contributed by atoms with van der Waals surface area (Å²) in [7, 11) is 0. The van der Waals surface area contributed by atoms with Crippen LogP contribution >= 0.6 is 0 Å². The molecule has 19 heavy (non-hydrogen) atoms. The van der Waals surface area contributed by atoms with Crippen LogP contribution in [-0.4, -0.2) is 17.6 Å². The van der Waals surface area contributed by atoms with Gasteiger partial charge in [0.2, 0.25) is 5.91 Å². The number of rotatable bonds is 5. The Hall–Kier alpha value is -2.33. The van der Waals surface area contributed by atoms with Crippen molar-refractivity contribution in [3.05, 3.63) is 65.7 Å². The van der Waals surface area contributed by atoms with Crippen LogP contribution in [0.3, 0.4) is 0 Å². The number of nitrogens with one attached hydrogen (secondary N) is 1. The van der Waals surface area contributed by atoms with Gasteiger partial charge >= 0.3 is 0 Å². The van der Waals surface area contributed by atoms with Gasteiger partial charge in [-0.3, -0.25) is 4.79 Å². The monoisotopic (exact) mass is 256 g/mol. The summed E-state index contributed by atoms with van der Waals surface area (Å²) in [6, 6.07) is 16.3. The summed E-state index contributed by atoms with van der Waals surface area (Å²) in [5.74, 6) is -0.448. The number of carbonyl (C=O) groups is 1. The number of benzene rings is 2. The molecule has 0 aliphatic rings.